The van der Waals surface area contributed by atoms with E-state index in [0.717, 1.165) is 6.08 Å². The minimum Gasteiger partial charge on any atom is -0.456 e. The number of hydrogen-bond acceptors (Lipinski definition) is 9. The molecule has 1 fully saturated rings. The third kappa shape index (κ3) is 9.19. The highest BCUT2D eigenvalue weighted by Gasteiger charge is 2.25. The molecule has 1 saturated carbocycles. The van der Waals surface area contributed by atoms with Gasteiger partial charge >= 0.3 is 18.1 Å². The fraction of sp³-hybridized carbons (Fsp3) is 0.571. The van der Waals surface area contributed by atoms with Crippen LogP contribution in [0.1, 0.15) is 37.8 Å². The molecule has 34 heavy (non-hydrogen) atoms. The maximum Gasteiger partial charge on any atom is 0.407 e. The molecule has 3 amide bonds. The van der Waals surface area contributed by atoms with Crippen LogP contribution < -0.4 is 21.5 Å². The van der Waals surface area contributed by atoms with Crippen LogP contribution >= 0.6 is 0 Å². The van der Waals surface area contributed by atoms with Crippen LogP contribution in [0.2, 0.25) is 0 Å². The van der Waals surface area contributed by atoms with Crippen molar-refractivity contribution in [2.45, 2.75) is 63.3 Å². The van der Waals surface area contributed by atoms with Crippen molar-refractivity contribution in [1.29, 1.82) is 0 Å². The summed E-state index contributed by atoms with van der Waals surface area (Å²) < 4.78 is 10.0. The first kappa shape index (κ1) is 26.8. The van der Waals surface area contributed by atoms with Crippen molar-refractivity contribution in [3.8, 4) is 0 Å². The number of aromatic amines is 1. The number of nitrogens with zero attached hydrogens (tertiary/aromatic N) is 1. The molecule has 0 spiro atoms. The number of aryl methyl sites for hydroxylation is 1. The van der Waals surface area contributed by atoms with Gasteiger partial charge < -0.3 is 30.3 Å². The first-order valence-electron chi connectivity index (χ1n) is 10.9. The number of aromatic nitrogens is 2. The molecule has 1 aromatic rings. The lowest BCUT2D eigenvalue weighted by Gasteiger charge is -2.29. The topological polar surface area (TPSA) is 192 Å². The van der Waals surface area contributed by atoms with Gasteiger partial charge in [0.05, 0.1) is 13.2 Å². The van der Waals surface area contributed by atoms with E-state index in [0.29, 0.717) is 31.4 Å². The second-order valence-electron chi connectivity index (χ2n) is 7.88. The van der Waals surface area contributed by atoms with E-state index in [1.807, 2.05) is 0 Å². The van der Waals surface area contributed by atoms with E-state index in [-0.39, 0.29) is 36.6 Å². The molecule has 0 aliphatic heterocycles. The molecule has 1 aliphatic carbocycles. The van der Waals surface area contributed by atoms with E-state index in [1.165, 1.54) is 6.07 Å². The molecule has 13 heteroatoms. The highest BCUT2D eigenvalue weighted by molar-refractivity contribution is 5.87. The molecule has 0 radical (unpaired) electrons. The van der Waals surface area contributed by atoms with Crippen LogP contribution in [0.25, 0.3) is 0 Å². The predicted molar refractivity (Wildman–Crippen MR) is 120 cm³/mol. The summed E-state index contributed by atoms with van der Waals surface area (Å²) in [5.41, 5.74) is 0.120. The Morgan fingerprint density at radius 3 is 2.50 bits per heavy atom. The molecule has 0 saturated heterocycles. The lowest BCUT2D eigenvalue weighted by molar-refractivity contribution is -0.151. The smallest absolute Gasteiger partial charge is 0.407 e. The van der Waals surface area contributed by atoms with Gasteiger partial charge in [-0.05, 0) is 32.6 Å². The maximum absolute atomic E-state index is 12.1. The highest BCUT2D eigenvalue weighted by Crippen LogP contribution is 2.19. The number of carbonyl (C=O) groups excluding carboxylic acids is 3. The van der Waals surface area contributed by atoms with Crippen LogP contribution in [0, 0.1) is 6.92 Å². The maximum atomic E-state index is 12.1. The van der Waals surface area contributed by atoms with Crippen molar-refractivity contribution in [3.63, 3.8) is 0 Å². The fourth-order valence-electron chi connectivity index (χ4n) is 3.47. The van der Waals surface area contributed by atoms with Gasteiger partial charge in [0, 0.05) is 36.3 Å². The number of nitrogens with one attached hydrogen (secondary N) is 4. The molecule has 0 aromatic carbocycles. The van der Waals surface area contributed by atoms with Gasteiger partial charge in [-0.1, -0.05) is 6.58 Å². The van der Waals surface area contributed by atoms with Gasteiger partial charge in [0.1, 0.15) is 12.2 Å². The summed E-state index contributed by atoms with van der Waals surface area (Å²) in [7, 11) is 0. The van der Waals surface area contributed by atoms with Crippen LogP contribution in [0.3, 0.4) is 0 Å². The summed E-state index contributed by atoms with van der Waals surface area (Å²) in [6, 6.07) is 0.588. The molecule has 2 atom stereocenters. The quantitative estimate of drug-likeness (QED) is 0.198. The van der Waals surface area contributed by atoms with Crippen molar-refractivity contribution in [2.24, 2.45) is 0 Å². The van der Waals surface area contributed by atoms with E-state index in [4.69, 9.17) is 14.6 Å². The molecule has 2 unspecified atom stereocenters. The number of esters is 1. The largest absolute Gasteiger partial charge is 0.456 e. The van der Waals surface area contributed by atoms with Crippen LogP contribution in [-0.2, 0) is 14.3 Å². The standard InChI is InChI=1S/C21H31N5O8/c1-3-18(30)34-16(15(28)11-27)8-9-33-21(32)24-14-6-4-13(5-7-14)23-20(31)26-19-22-12(2)10-17(29)25-19/h3,10,13-16,27-28H,1,4-9,11H2,2H3,(H,24,32)(H3,22,23,25,26,29,31). The summed E-state index contributed by atoms with van der Waals surface area (Å²) in [6.07, 6.45) is 0.403. The molecule has 13 nitrogen and oxygen atoms in total. The number of aliphatic hydroxyl groups is 2. The lowest BCUT2D eigenvalue weighted by atomic mass is 9.91. The predicted octanol–water partition coefficient (Wildman–Crippen LogP) is 0.0783. The zero-order chi connectivity index (χ0) is 25.1. The van der Waals surface area contributed by atoms with Crippen molar-refractivity contribution in [3.05, 3.63) is 34.8 Å². The van der Waals surface area contributed by atoms with Gasteiger partial charge in [-0.2, -0.15) is 0 Å². The number of hydrogen-bond donors (Lipinski definition) is 6. The first-order chi connectivity index (χ1) is 16.2. The Morgan fingerprint density at radius 2 is 1.91 bits per heavy atom. The number of aliphatic hydroxyl groups excluding tert-OH is 2. The highest BCUT2D eigenvalue weighted by atomic mass is 16.6. The van der Waals surface area contributed by atoms with Gasteiger partial charge in [0.2, 0.25) is 5.95 Å². The third-order valence-electron chi connectivity index (χ3n) is 5.17. The van der Waals surface area contributed by atoms with Crippen LogP contribution in [-0.4, -0.2) is 75.8 Å². The lowest BCUT2D eigenvalue weighted by Crippen LogP contribution is -2.45. The molecular formula is C21H31N5O8. The van der Waals surface area contributed by atoms with Gasteiger partial charge in [-0.3, -0.25) is 15.1 Å². The number of urea groups is 1. The van der Waals surface area contributed by atoms with Gasteiger partial charge in [-0.15, -0.1) is 0 Å². The number of rotatable bonds is 10. The normalized spacial score (nSPS) is 19.3. The van der Waals surface area contributed by atoms with E-state index in [1.54, 1.807) is 6.92 Å². The Morgan fingerprint density at radius 1 is 1.26 bits per heavy atom. The monoisotopic (exact) mass is 481 g/mol. The molecular weight excluding hydrogens is 450 g/mol. The molecule has 188 valence electrons. The zero-order valence-corrected chi connectivity index (χ0v) is 18.9. The molecule has 0 bridgehead atoms. The Balaban J connectivity index is 1.68. The number of carbonyl (C=O) groups is 3. The Kier molecular flexibility index (Phi) is 10.5. The molecule has 1 aliphatic rings. The van der Waals surface area contributed by atoms with E-state index < -0.39 is 36.9 Å². The van der Waals surface area contributed by atoms with E-state index in [2.05, 4.69) is 32.5 Å². The van der Waals surface area contributed by atoms with Crippen LogP contribution in [0.4, 0.5) is 15.5 Å². The van der Waals surface area contributed by atoms with Crippen LogP contribution in [0.15, 0.2) is 23.5 Å². The van der Waals surface area contributed by atoms with Gasteiger partial charge in [-0.25, -0.2) is 19.4 Å². The van der Waals surface area contributed by atoms with E-state index in [9.17, 15) is 24.3 Å². The van der Waals surface area contributed by atoms with Crippen molar-refractivity contribution < 1.29 is 34.1 Å². The molecule has 1 heterocycles. The Labute approximate surface area is 195 Å². The Bertz CT molecular complexity index is 913. The summed E-state index contributed by atoms with van der Waals surface area (Å²) in [6.45, 7) is 4.16. The molecule has 2 rings (SSSR count). The van der Waals surface area contributed by atoms with E-state index >= 15 is 0 Å². The van der Waals surface area contributed by atoms with Gasteiger partial charge in [0.25, 0.3) is 5.56 Å². The number of alkyl carbamates (subject to hydrolysis) is 1. The fourth-order valence-corrected chi connectivity index (χ4v) is 3.47. The number of amides is 3. The number of H-pyrrole nitrogens is 1. The third-order valence-corrected chi connectivity index (χ3v) is 5.17. The summed E-state index contributed by atoms with van der Waals surface area (Å²) in [5, 5.41) is 26.8. The molecule has 6 N–H and O–H groups in total. The zero-order valence-electron chi connectivity index (χ0n) is 18.9. The minimum absolute atomic E-state index is 0.00155. The number of ether oxygens (including phenoxy) is 2. The molecule has 1 aromatic heterocycles. The average Bonchev–Trinajstić information content (AvgIpc) is 2.78. The van der Waals surface area contributed by atoms with Gasteiger partial charge in [0.15, 0.2) is 0 Å². The second kappa shape index (κ2) is 13.3. The summed E-state index contributed by atoms with van der Waals surface area (Å²) in [4.78, 5) is 53.4. The van der Waals surface area contributed by atoms with Crippen molar-refractivity contribution in [1.82, 2.24) is 20.6 Å². The van der Waals surface area contributed by atoms with Crippen molar-refractivity contribution in [2.75, 3.05) is 18.5 Å². The minimum atomic E-state index is -1.31. The Hall–Kier alpha value is -3.45. The second-order valence-corrected chi connectivity index (χ2v) is 7.88. The summed E-state index contributed by atoms with van der Waals surface area (Å²) in [5.74, 6) is -0.696. The SMILES string of the molecule is C=CC(=O)OC(CCOC(=O)NC1CCC(NC(=O)Nc2nc(C)cc(=O)[nH]2)CC1)C(O)CO. The van der Waals surface area contributed by atoms with Crippen LogP contribution in [0.5, 0.6) is 0 Å². The number of anilines is 1. The summed E-state index contributed by atoms with van der Waals surface area (Å²) >= 11 is 0. The van der Waals surface area contributed by atoms with Crippen molar-refractivity contribution >= 4 is 24.0 Å². The first-order valence-corrected chi connectivity index (χ1v) is 10.9. The average molecular weight is 482 g/mol.